The molecular weight excluding hydrogens is 422 g/mol. The number of pyridine rings is 2. The Hall–Kier alpha value is -3.95. The number of methoxy groups -OCH3 is 1. The first-order valence-electron chi connectivity index (χ1n) is 10.8. The molecule has 1 aliphatic rings. The lowest BCUT2D eigenvalue weighted by atomic mass is 10.2. The predicted molar refractivity (Wildman–Crippen MR) is 122 cm³/mol. The molecule has 10 heteroatoms. The van der Waals surface area contributed by atoms with E-state index in [2.05, 4.69) is 28.8 Å². The number of likely N-dealkylation sites (N-methyl/N-ethyl adjacent to an activating group) is 1. The first-order valence-corrected chi connectivity index (χ1v) is 10.8. The number of aromatic nitrogens is 6. The van der Waals surface area contributed by atoms with E-state index in [-0.39, 0.29) is 6.04 Å². The molecule has 0 saturated carbocycles. The van der Waals surface area contributed by atoms with E-state index < -0.39 is 5.97 Å². The molecule has 0 radical (unpaired) electrons. The minimum absolute atomic E-state index is 0.260. The van der Waals surface area contributed by atoms with Crippen LogP contribution < -0.4 is 9.64 Å². The van der Waals surface area contributed by atoms with Crippen LogP contribution >= 0.6 is 0 Å². The average Bonchev–Trinajstić information content (AvgIpc) is 3.41. The lowest BCUT2D eigenvalue weighted by molar-refractivity contribution is 0.0600. The summed E-state index contributed by atoms with van der Waals surface area (Å²) in [7, 11) is 3.22. The first-order chi connectivity index (χ1) is 16.0. The monoisotopic (exact) mass is 447 g/mol. The van der Waals surface area contributed by atoms with Crippen LogP contribution in [-0.2, 0) is 18.3 Å². The zero-order chi connectivity index (χ0) is 23.1. The Bertz CT molecular complexity index is 1340. The smallest absolute Gasteiger partial charge is 0.339 e. The zero-order valence-electron chi connectivity index (χ0n) is 19.0. The van der Waals surface area contributed by atoms with E-state index in [4.69, 9.17) is 19.4 Å². The molecule has 0 bridgehead atoms. The van der Waals surface area contributed by atoms with Crippen LogP contribution in [0.1, 0.15) is 29.9 Å². The van der Waals surface area contributed by atoms with Crippen molar-refractivity contribution in [3.63, 3.8) is 0 Å². The molecule has 33 heavy (non-hydrogen) atoms. The molecule has 0 amide bonds. The maximum atomic E-state index is 12.0. The zero-order valence-corrected chi connectivity index (χ0v) is 19.0. The molecule has 0 N–H and O–H groups in total. The Balaban J connectivity index is 1.64. The van der Waals surface area contributed by atoms with Crippen LogP contribution in [0.3, 0.4) is 0 Å². The van der Waals surface area contributed by atoms with Gasteiger partial charge in [-0.15, -0.1) is 0 Å². The molecule has 4 aromatic rings. The topological polar surface area (TPSA) is 100 Å². The minimum Gasteiger partial charge on any atom is -0.488 e. The molecule has 5 rings (SSSR count). The maximum absolute atomic E-state index is 12.0. The van der Waals surface area contributed by atoms with Gasteiger partial charge in [-0.25, -0.2) is 19.7 Å². The number of rotatable bonds is 5. The van der Waals surface area contributed by atoms with Gasteiger partial charge in [-0.1, -0.05) is 0 Å². The lowest BCUT2D eigenvalue weighted by Gasteiger charge is -2.34. The molecule has 0 aromatic carbocycles. The third-order valence-electron chi connectivity index (χ3n) is 5.81. The summed E-state index contributed by atoms with van der Waals surface area (Å²) in [5.41, 5.74) is 3.24. The summed E-state index contributed by atoms with van der Waals surface area (Å²) in [5, 5.41) is 4.50. The van der Waals surface area contributed by atoms with Gasteiger partial charge in [-0.2, -0.15) is 5.10 Å². The quantitative estimate of drug-likeness (QED) is 0.431. The van der Waals surface area contributed by atoms with Crippen molar-refractivity contribution in [3.05, 3.63) is 48.0 Å². The van der Waals surface area contributed by atoms with E-state index >= 15 is 0 Å². The largest absolute Gasteiger partial charge is 0.488 e. The highest BCUT2D eigenvalue weighted by Gasteiger charge is 2.26. The number of fused-ring (bicyclic) bond motifs is 2. The van der Waals surface area contributed by atoms with Gasteiger partial charge in [0.1, 0.15) is 17.9 Å². The number of carbonyl (C=O) groups is 1. The van der Waals surface area contributed by atoms with Crippen LogP contribution in [0, 0.1) is 0 Å². The second-order valence-corrected chi connectivity index (χ2v) is 8.05. The van der Waals surface area contributed by atoms with Gasteiger partial charge in [0.05, 0.1) is 31.0 Å². The number of aryl methyl sites for hydroxylation is 1. The van der Waals surface area contributed by atoms with Gasteiger partial charge in [0.2, 0.25) is 0 Å². The molecular formula is C23H25N7O3. The van der Waals surface area contributed by atoms with Gasteiger partial charge in [-0.05, 0) is 32.0 Å². The van der Waals surface area contributed by atoms with Crippen LogP contribution in [0.2, 0.25) is 0 Å². The molecule has 5 heterocycles. The van der Waals surface area contributed by atoms with E-state index in [9.17, 15) is 4.79 Å². The molecule has 0 fully saturated rings. The van der Waals surface area contributed by atoms with Gasteiger partial charge in [-0.3, -0.25) is 4.68 Å². The third kappa shape index (κ3) is 3.67. The van der Waals surface area contributed by atoms with Crippen LogP contribution in [0.25, 0.3) is 22.6 Å². The number of hydrogen-bond acceptors (Lipinski definition) is 8. The van der Waals surface area contributed by atoms with Crippen molar-refractivity contribution >= 4 is 23.0 Å². The molecule has 0 aliphatic carbocycles. The van der Waals surface area contributed by atoms with Crippen LogP contribution in [0.5, 0.6) is 5.75 Å². The summed E-state index contributed by atoms with van der Waals surface area (Å²) < 4.78 is 14.6. The highest BCUT2D eigenvalue weighted by atomic mass is 16.5. The summed E-state index contributed by atoms with van der Waals surface area (Å²) in [4.78, 5) is 28.3. The number of hydrogen-bond donors (Lipinski definition) is 0. The Kier molecular flexibility index (Phi) is 5.20. The Morgan fingerprint density at radius 3 is 2.85 bits per heavy atom. The van der Waals surface area contributed by atoms with Gasteiger partial charge < -0.3 is 18.9 Å². The lowest BCUT2D eigenvalue weighted by Crippen LogP contribution is -2.41. The highest BCUT2D eigenvalue weighted by molar-refractivity contribution is 5.92. The molecule has 0 saturated heterocycles. The SMILES string of the molecule is CCN1c2ncc(-c3nc4cc(C(=O)OC)cnc4n3Cc3ccn(C)n3)cc2OCC1C. The molecule has 0 spiro atoms. The van der Waals surface area contributed by atoms with Gasteiger partial charge in [0.25, 0.3) is 0 Å². The molecule has 4 aromatic heterocycles. The summed E-state index contributed by atoms with van der Waals surface area (Å²) in [6.07, 6.45) is 5.20. The molecule has 1 atom stereocenters. The standard InChI is InChI=1S/C23H25N7O3/c1-5-29-14(2)13-33-19-9-15(10-25-22(19)29)20-26-18-8-16(23(31)32-4)11-24-21(18)30(20)12-17-6-7-28(3)27-17/h6-11,14H,5,12-13H2,1-4H3. The van der Waals surface area contributed by atoms with E-state index in [1.54, 1.807) is 16.9 Å². The normalized spacial score (nSPS) is 15.4. The number of ether oxygens (including phenoxy) is 2. The minimum atomic E-state index is -0.456. The fourth-order valence-corrected chi connectivity index (χ4v) is 4.17. The van der Waals surface area contributed by atoms with Crippen molar-refractivity contribution in [3.8, 4) is 17.1 Å². The Morgan fingerprint density at radius 1 is 1.27 bits per heavy atom. The number of imidazole rings is 1. The number of carbonyl (C=O) groups excluding carboxylic acids is 1. The van der Waals surface area contributed by atoms with E-state index in [1.807, 2.05) is 29.9 Å². The number of anilines is 1. The third-order valence-corrected chi connectivity index (χ3v) is 5.81. The van der Waals surface area contributed by atoms with Crippen molar-refractivity contribution in [1.29, 1.82) is 0 Å². The molecule has 170 valence electrons. The second-order valence-electron chi connectivity index (χ2n) is 8.05. The fraction of sp³-hybridized carbons (Fsp3) is 0.348. The maximum Gasteiger partial charge on any atom is 0.339 e. The van der Waals surface area contributed by atoms with Crippen LogP contribution in [-0.4, -0.2) is 61.6 Å². The molecule has 1 unspecified atom stereocenters. The first kappa shape index (κ1) is 20.9. The van der Waals surface area contributed by atoms with E-state index in [0.29, 0.717) is 35.7 Å². The van der Waals surface area contributed by atoms with Crippen LogP contribution in [0.15, 0.2) is 36.8 Å². The van der Waals surface area contributed by atoms with Gasteiger partial charge in [0.15, 0.2) is 17.2 Å². The Labute approximate surface area is 190 Å². The van der Waals surface area contributed by atoms with Crippen LogP contribution in [0.4, 0.5) is 5.82 Å². The van der Waals surface area contributed by atoms with E-state index in [0.717, 1.165) is 29.4 Å². The summed E-state index contributed by atoms with van der Waals surface area (Å²) in [5.74, 6) is 1.78. The number of esters is 1. The van der Waals surface area contributed by atoms with Crippen molar-refractivity contribution in [2.75, 3.05) is 25.2 Å². The summed E-state index contributed by atoms with van der Waals surface area (Å²) in [6, 6.07) is 5.87. The summed E-state index contributed by atoms with van der Waals surface area (Å²) in [6.45, 7) is 6.15. The predicted octanol–water partition coefficient (Wildman–Crippen LogP) is 2.67. The highest BCUT2D eigenvalue weighted by Crippen LogP contribution is 2.35. The Morgan fingerprint density at radius 2 is 2.12 bits per heavy atom. The van der Waals surface area contributed by atoms with Crippen molar-refractivity contribution in [1.82, 2.24) is 29.3 Å². The molecule has 10 nitrogen and oxygen atoms in total. The van der Waals surface area contributed by atoms with Crippen molar-refractivity contribution in [2.24, 2.45) is 7.05 Å². The van der Waals surface area contributed by atoms with Gasteiger partial charge in [0, 0.05) is 37.7 Å². The summed E-state index contributed by atoms with van der Waals surface area (Å²) >= 11 is 0. The van der Waals surface area contributed by atoms with Gasteiger partial charge >= 0.3 is 5.97 Å². The van der Waals surface area contributed by atoms with E-state index in [1.165, 1.54) is 13.3 Å². The second kappa shape index (κ2) is 8.19. The fourth-order valence-electron chi connectivity index (χ4n) is 4.17. The van der Waals surface area contributed by atoms with Crippen molar-refractivity contribution < 1.29 is 14.3 Å². The number of nitrogens with zero attached hydrogens (tertiary/aromatic N) is 7. The molecule has 1 aliphatic heterocycles. The average molecular weight is 447 g/mol. The van der Waals surface area contributed by atoms with Crippen molar-refractivity contribution in [2.45, 2.75) is 26.4 Å².